The van der Waals surface area contributed by atoms with E-state index >= 15 is 0 Å². The molecule has 0 saturated heterocycles. The molecule has 2 atom stereocenters. The van der Waals surface area contributed by atoms with Crippen molar-refractivity contribution in [3.63, 3.8) is 0 Å². The van der Waals surface area contributed by atoms with E-state index in [2.05, 4.69) is 0 Å². The van der Waals surface area contributed by atoms with Gasteiger partial charge >= 0.3 is 0 Å². The van der Waals surface area contributed by atoms with Crippen molar-refractivity contribution in [3.8, 4) is 5.75 Å². The van der Waals surface area contributed by atoms with Crippen LogP contribution in [-0.2, 0) is 4.74 Å². The van der Waals surface area contributed by atoms with Crippen LogP contribution in [0.2, 0.25) is 0 Å². The number of aliphatic hydroxyl groups excluding tert-OH is 1. The third-order valence-electron chi connectivity index (χ3n) is 2.50. The van der Waals surface area contributed by atoms with Gasteiger partial charge in [0.2, 0.25) is 0 Å². The minimum absolute atomic E-state index is 0.0861. The average molecular weight is 224 g/mol. The van der Waals surface area contributed by atoms with E-state index in [9.17, 15) is 5.11 Å². The molecule has 0 radical (unpaired) electrons. The topological polar surface area (TPSA) is 38.7 Å². The standard InChI is InChI=1S/C13H20O3/c1-4-16-12-7-5-11(6-8-12)13(14)10(2)9-15-3/h5-8,10,13-14H,4,9H2,1-3H3. The lowest BCUT2D eigenvalue weighted by molar-refractivity contribution is 0.0566. The largest absolute Gasteiger partial charge is 0.494 e. The zero-order valence-corrected chi connectivity index (χ0v) is 10.1. The van der Waals surface area contributed by atoms with Crippen molar-refractivity contribution in [2.75, 3.05) is 20.3 Å². The third kappa shape index (κ3) is 3.51. The maximum Gasteiger partial charge on any atom is 0.119 e. The smallest absolute Gasteiger partial charge is 0.119 e. The molecule has 0 amide bonds. The molecule has 0 fully saturated rings. The van der Waals surface area contributed by atoms with Gasteiger partial charge in [-0.15, -0.1) is 0 Å². The number of methoxy groups -OCH3 is 1. The summed E-state index contributed by atoms with van der Waals surface area (Å²) in [6.07, 6.45) is -0.490. The second-order valence-electron chi connectivity index (χ2n) is 3.88. The van der Waals surface area contributed by atoms with Crippen molar-refractivity contribution < 1.29 is 14.6 Å². The molecule has 0 bridgehead atoms. The van der Waals surface area contributed by atoms with E-state index in [4.69, 9.17) is 9.47 Å². The molecule has 3 heteroatoms. The first-order chi connectivity index (χ1) is 7.69. The van der Waals surface area contributed by atoms with E-state index < -0.39 is 6.10 Å². The molecule has 3 nitrogen and oxygen atoms in total. The summed E-state index contributed by atoms with van der Waals surface area (Å²) in [4.78, 5) is 0. The Kier molecular flexibility index (Phi) is 5.29. The van der Waals surface area contributed by atoms with Crippen LogP contribution in [0.15, 0.2) is 24.3 Å². The van der Waals surface area contributed by atoms with Crippen molar-refractivity contribution in [2.45, 2.75) is 20.0 Å². The van der Waals surface area contributed by atoms with E-state index in [1.807, 2.05) is 38.1 Å². The Balaban J connectivity index is 2.65. The lowest BCUT2D eigenvalue weighted by Gasteiger charge is -2.18. The molecule has 90 valence electrons. The quantitative estimate of drug-likeness (QED) is 0.806. The van der Waals surface area contributed by atoms with Gasteiger partial charge in [0.25, 0.3) is 0 Å². The number of aliphatic hydroxyl groups is 1. The van der Waals surface area contributed by atoms with Gasteiger partial charge in [0.15, 0.2) is 0 Å². The highest BCUT2D eigenvalue weighted by atomic mass is 16.5. The van der Waals surface area contributed by atoms with Crippen molar-refractivity contribution in [1.82, 2.24) is 0 Å². The molecule has 1 aromatic carbocycles. The van der Waals surface area contributed by atoms with Gasteiger partial charge in [-0.3, -0.25) is 0 Å². The van der Waals surface area contributed by atoms with Crippen LogP contribution in [0.5, 0.6) is 5.75 Å². The summed E-state index contributed by atoms with van der Waals surface area (Å²) in [5, 5.41) is 10.0. The summed E-state index contributed by atoms with van der Waals surface area (Å²) in [6, 6.07) is 7.53. The van der Waals surface area contributed by atoms with Crippen molar-refractivity contribution in [2.24, 2.45) is 5.92 Å². The van der Waals surface area contributed by atoms with Crippen molar-refractivity contribution in [3.05, 3.63) is 29.8 Å². The minimum atomic E-state index is -0.490. The molecular weight excluding hydrogens is 204 g/mol. The average Bonchev–Trinajstić information content (AvgIpc) is 2.30. The first-order valence-corrected chi connectivity index (χ1v) is 5.58. The Morgan fingerprint density at radius 2 is 1.88 bits per heavy atom. The van der Waals surface area contributed by atoms with Gasteiger partial charge in [-0.05, 0) is 24.6 Å². The van der Waals surface area contributed by atoms with Gasteiger partial charge in [0, 0.05) is 13.0 Å². The molecule has 16 heavy (non-hydrogen) atoms. The molecule has 0 spiro atoms. The minimum Gasteiger partial charge on any atom is -0.494 e. The number of hydrogen-bond acceptors (Lipinski definition) is 3. The van der Waals surface area contributed by atoms with Crippen LogP contribution in [0.3, 0.4) is 0 Å². The predicted molar refractivity (Wildman–Crippen MR) is 63.6 cm³/mol. The Morgan fingerprint density at radius 1 is 1.25 bits per heavy atom. The van der Waals surface area contributed by atoms with Crippen LogP contribution in [0.1, 0.15) is 25.5 Å². The van der Waals surface area contributed by atoms with Crippen LogP contribution in [0.25, 0.3) is 0 Å². The molecule has 0 aliphatic heterocycles. The summed E-state index contributed by atoms with van der Waals surface area (Å²) in [5.41, 5.74) is 0.896. The molecule has 1 N–H and O–H groups in total. The van der Waals surface area contributed by atoms with Gasteiger partial charge in [-0.25, -0.2) is 0 Å². The van der Waals surface area contributed by atoms with Gasteiger partial charge in [0.1, 0.15) is 5.75 Å². The van der Waals surface area contributed by atoms with E-state index in [1.165, 1.54) is 0 Å². The van der Waals surface area contributed by atoms with Crippen LogP contribution in [-0.4, -0.2) is 25.4 Å². The maximum absolute atomic E-state index is 10.0. The first kappa shape index (κ1) is 13.0. The zero-order chi connectivity index (χ0) is 12.0. The van der Waals surface area contributed by atoms with E-state index in [1.54, 1.807) is 7.11 Å². The lowest BCUT2D eigenvalue weighted by Crippen LogP contribution is -2.14. The molecule has 0 saturated carbocycles. The maximum atomic E-state index is 10.0. The van der Waals surface area contributed by atoms with Gasteiger partial charge in [-0.2, -0.15) is 0 Å². The van der Waals surface area contributed by atoms with E-state index in [0.29, 0.717) is 13.2 Å². The third-order valence-corrected chi connectivity index (χ3v) is 2.50. The summed E-state index contributed by atoms with van der Waals surface area (Å²) in [7, 11) is 1.64. The Hall–Kier alpha value is -1.06. The van der Waals surface area contributed by atoms with Crippen molar-refractivity contribution >= 4 is 0 Å². The Labute approximate surface area is 97.0 Å². The molecule has 0 aliphatic carbocycles. The zero-order valence-electron chi connectivity index (χ0n) is 10.1. The normalized spacial score (nSPS) is 14.5. The first-order valence-electron chi connectivity index (χ1n) is 5.58. The second kappa shape index (κ2) is 6.51. The molecule has 0 aromatic heterocycles. The highest BCUT2D eigenvalue weighted by Crippen LogP contribution is 2.24. The van der Waals surface area contributed by atoms with Crippen LogP contribution < -0.4 is 4.74 Å². The van der Waals surface area contributed by atoms with Gasteiger partial charge in [-0.1, -0.05) is 19.1 Å². The Bertz CT molecular complexity index is 295. The van der Waals surface area contributed by atoms with Gasteiger partial charge in [0.05, 0.1) is 19.3 Å². The van der Waals surface area contributed by atoms with E-state index in [-0.39, 0.29) is 5.92 Å². The highest BCUT2D eigenvalue weighted by Gasteiger charge is 2.15. The molecule has 2 unspecified atom stereocenters. The number of ether oxygens (including phenoxy) is 2. The summed E-state index contributed by atoms with van der Waals surface area (Å²) >= 11 is 0. The predicted octanol–water partition coefficient (Wildman–Crippen LogP) is 2.40. The fourth-order valence-electron chi connectivity index (χ4n) is 1.61. The SMILES string of the molecule is CCOc1ccc(C(O)C(C)COC)cc1. The van der Waals surface area contributed by atoms with Gasteiger partial charge < -0.3 is 14.6 Å². The molecular formula is C13H20O3. The van der Waals surface area contributed by atoms with Crippen LogP contribution in [0, 0.1) is 5.92 Å². The molecule has 0 heterocycles. The fourth-order valence-corrected chi connectivity index (χ4v) is 1.61. The number of hydrogen-bond donors (Lipinski definition) is 1. The second-order valence-corrected chi connectivity index (χ2v) is 3.88. The van der Waals surface area contributed by atoms with Crippen molar-refractivity contribution in [1.29, 1.82) is 0 Å². The number of benzene rings is 1. The van der Waals surface area contributed by atoms with E-state index in [0.717, 1.165) is 11.3 Å². The highest BCUT2D eigenvalue weighted by molar-refractivity contribution is 5.28. The molecule has 0 aliphatic rings. The lowest BCUT2D eigenvalue weighted by atomic mass is 9.98. The summed E-state index contributed by atoms with van der Waals surface area (Å²) in [6.45, 7) is 5.12. The fraction of sp³-hybridized carbons (Fsp3) is 0.538. The number of rotatable bonds is 6. The Morgan fingerprint density at radius 3 is 2.38 bits per heavy atom. The molecule has 1 rings (SSSR count). The molecule has 1 aromatic rings. The monoisotopic (exact) mass is 224 g/mol. The van der Waals surface area contributed by atoms with Crippen LogP contribution in [0.4, 0.5) is 0 Å². The summed E-state index contributed by atoms with van der Waals surface area (Å²) in [5.74, 6) is 0.917. The summed E-state index contributed by atoms with van der Waals surface area (Å²) < 4.78 is 10.4. The van der Waals surface area contributed by atoms with Crippen LogP contribution >= 0.6 is 0 Å².